The summed E-state index contributed by atoms with van der Waals surface area (Å²) in [7, 11) is 1.58. The van der Waals surface area contributed by atoms with E-state index < -0.39 is 17.6 Å². The van der Waals surface area contributed by atoms with Gasteiger partial charge in [-0.3, -0.25) is 14.2 Å². The fourth-order valence-corrected chi connectivity index (χ4v) is 5.45. The maximum absolute atomic E-state index is 13.2. The Morgan fingerprint density at radius 3 is 2.51 bits per heavy atom. The van der Waals surface area contributed by atoms with Crippen LogP contribution in [0.1, 0.15) is 22.8 Å². The molecule has 0 radical (unpaired) electrons. The third kappa shape index (κ3) is 6.09. The molecule has 3 heterocycles. The number of halogens is 3. The average molecular weight is 586 g/mol. The van der Waals surface area contributed by atoms with E-state index in [0.29, 0.717) is 22.5 Å². The summed E-state index contributed by atoms with van der Waals surface area (Å²) in [5, 5.41) is 9.07. The van der Waals surface area contributed by atoms with Crippen LogP contribution in [0.15, 0.2) is 76.5 Å². The summed E-state index contributed by atoms with van der Waals surface area (Å²) in [6.07, 6.45) is -3.00. The van der Waals surface area contributed by atoms with E-state index in [9.17, 15) is 22.8 Å². The van der Waals surface area contributed by atoms with Crippen LogP contribution in [0.5, 0.6) is 5.75 Å². The molecule has 4 aromatic rings. The number of carbonyl (C=O) groups is 2. The average Bonchev–Trinajstić information content (AvgIpc) is 3.65. The van der Waals surface area contributed by atoms with Gasteiger partial charge < -0.3 is 19.0 Å². The zero-order valence-corrected chi connectivity index (χ0v) is 23.0. The maximum Gasteiger partial charge on any atom is 0.416 e. The van der Waals surface area contributed by atoms with Gasteiger partial charge in [-0.2, -0.15) is 13.2 Å². The first kappa shape index (κ1) is 28.3. The number of thioether (sulfide) groups is 1. The molecule has 0 saturated carbocycles. The number of rotatable bonds is 7. The molecule has 5 rings (SSSR count). The molecule has 0 spiro atoms. The molecular formula is C28H26F3N5O4S. The van der Waals surface area contributed by atoms with Crippen LogP contribution in [-0.4, -0.2) is 74.9 Å². The lowest BCUT2D eigenvalue weighted by atomic mass is 10.1. The number of ether oxygens (including phenoxy) is 1. The molecule has 1 atom stereocenters. The van der Waals surface area contributed by atoms with Crippen LogP contribution in [0, 0.1) is 0 Å². The van der Waals surface area contributed by atoms with Gasteiger partial charge in [0.1, 0.15) is 5.75 Å². The predicted octanol–water partition coefficient (Wildman–Crippen LogP) is 5.02. The standard InChI is InChI=1S/C28H26F3N5O4S/c1-18-16-34(12-13-35(18)26(38)19-5-3-6-20(15-19)28(29,30)31)24(37)17-41-27-33-32-25(23-7-4-14-40-23)36(27)21-8-10-22(39-2)11-9-21/h3-11,14-15,18H,12-13,16-17H2,1-2H3. The van der Waals surface area contributed by atoms with Crippen LogP contribution < -0.4 is 4.74 Å². The molecule has 2 amide bonds. The van der Waals surface area contributed by atoms with Crippen LogP contribution in [0.2, 0.25) is 0 Å². The van der Waals surface area contributed by atoms with Crippen molar-refractivity contribution in [1.82, 2.24) is 24.6 Å². The second-order valence-electron chi connectivity index (χ2n) is 9.37. The Hall–Kier alpha value is -4.26. The van der Waals surface area contributed by atoms with Crippen molar-refractivity contribution in [3.63, 3.8) is 0 Å². The lowest BCUT2D eigenvalue weighted by molar-refractivity contribution is -0.137. The van der Waals surface area contributed by atoms with Gasteiger partial charge in [0.05, 0.1) is 30.4 Å². The normalized spacial score (nSPS) is 15.7. The van der Waals surface area contributed by atoms with E-state index in [4.69, 9.17) is 9.15 Å². The van der Waals surface area contributed by atoms with Crippen LogP contribution in [0.4, 0.5) is 13.2 Å². The molecule has 0 aliphatic carbocycles. The predicted molar refractivity (Wildman–Crippen MR) is 145 cm³/mol. The molecule has 0 N–H and O–H groups in total. The first-order valence-electron chi connectivity index (χ1n) is 12.7. The van der Waals surface area contributed by atoms with Gasteiger partial charge in [0.25, 0.3) is 5.91 Å². The van der Waals surface area contributed by atoms with E-state index in [1.807, 2.05) is 24.3 Å². The molecule has 2 aromatic carbocycles. The van der Waals surface area contributed by atoms with Crippen LogP contribution in [0.25, 0.3) is 17.3 Å². The Balaban J connectivity index is 1.26. The number of hydrogen-bond acceptors (Lipinski definition) is 7. The van der Waals surface area contributed by atoms with Gasteiger partial charge in [0.2, 0.25) is 11.7 Å². The summed E-state index contributed by atoms with van der Waals surface area (Å²) < 4.78 is 51.9. The van der Waals surface area contributed by atoms with Crippen LogP contribution in [0.3, 0.4) is 0 Å². The number of furan rings is 1. The minimum Gasteiger partial charge on any atom is -0.497 e. The Labute approximate surface area is 237 Å². The van der Waals surface area contributed by atoms with Crippen molar-refractivity contribution in [1.29, 1.82) is 0 Å². The van der Waals surface area contributed by atoms with Crippen molar-refractivity contribution in [2.24, 2.45) is 0 Å². The number of methoxy groups -OCH3 is 1. The number of piperazine rings is 1. The molecule has 41 heavy (non-hydrogen) atoms. The number of hydrogen-bond donors (Lipinski definition) is 0. The van der Waals surface area contributed by atoms with E-state index in [2.05, 4.69) is 10.2 Å². The molecule has 9 nitrogen and oxygen atoms in total. The van der Waals surface area contributed by atoms with Crippen molar-refractivity contribution in [3.8, 4) is 23.0 Å². The summed E-state index contributed by atoms with van der Waals surface area (Å²) in [6, 6.07) is 14.8. The Bertz CT molecular complexity index is 1520. The highest BCUT2D eigenvalue weighted by molar-refractivity contribution is 7.99. The van der Waals surface area contributed by atoms with Crippen molar-refractivity contribution in [2.75, 3.05) is 32.5 Å². The molecule has 1 aliphatic heterocycles. The number of nitrogens with zero attached hydrogens (tertiary/aromatic N) is 5. The first-order valence-corrected chi connectivity index (χ1v) is 13.7. The van der Waals surface area contributed by atoms with Gasteiger partial charge in [0, 0.05) is 31.2 Å². The summed E-state index contributed by atoms with van der Waals surface area (Å²) in [4.78, 5) is 29.3. The highest BCUT2D eigenvalue weighted by atomic mass is 32.2. The lowest BCUT2D eigenvalue weighted by Gasteiger charge is -2.40. The number of aromatic nitrogens is 3. The van der Waals surface area contributed by atoms with Gasteiger partial charge in [-0.1, -0.05) is 17.8 Å². The summed E-state index contributed by atoms with van der Waals surface area (Å²) in [6.45, 7) is 2.50. The van der Waals surface area contributed by atoms with Gasteiger partial charge in [0.15, 0.2) is 10.9 Å². The topological polar surface area (TPSA) is 93.7 Å². The molecule has 13 heteroatoms. The fraction of sp³-hybridized carbons (Fsp3) is 0.286. The Morgan fingerprint density at radius 1 is 1.07 bits per heavy atom. The highest BCUT2D eigenvalue weighted by Gasteiger charge is 2.34. The minimum atomic E-state index is -4.54. The lowest BCUT2D eigenvalue weighted by Crippen LogP contribution is -2.55. The molecule has 1 saturated heterocycles. The molecular weight excluding hydrogens is 559 g/mol. The molecule has 1 unspecified atom stereocenters. The van der Waals surface area contributed by atoms with Gasteiger partial charge in [-0.05, 0) is 61.5 Å². The highest BCUT2D eigenvalue weighted by Crippen LogP contribution is 2.31. The summed E-state index contributed by atoms with van der Waals surface area (Å²) in [5.41, 5.74) is -0.153. The maximum atomic E-state index is 13.2. The van der Waals surface area contributed by atoms with E-state index in [-0.39, 0.29) is 42.9 Å². The SMILES string of the molecule is COc1ccc(-n2c(SCC(=O)N3CCN(C(=O)c4cccc(C(F)(F)F)c4)C(C)C3)nnc2-c2ccco2)cc1. The van der Waals surface area contributed by atoms with Crippen molar-refractivity contribution >= 4 is 23.6 Å². The number of alkyl halides is 3. The second-order valence-corrected chi connectivity index (χ2v) is 10.3. The second kappa shape index (κ2) is 11.7. The quantitative estimate of drug-likeness (QED) is 0.281. The van der Waals surface area contributed by atoms with E-state index in [0.717, 1.165) is 17.8 Å². The van der Waals surface area contributed by atoms with Gasteiger partial charge in [-0.15, -0.1) is 10.2 Å². The van der Waals surface area contributed by atoms with E-state index >= 15 is 0 Å². The van der Waals surface area contributed by atoms with Crippen molar-refractivity contribution in [3.05, 3.63) is 78.1 Å². The summed E-state index contributed by atoms with van der Waals surface area (Å²) in [5.74, 6) is 1.10. The van der Waals surface area contributed by atoms with E-state index in [1.54, 1.807) is 35.6 Å². The molecule has 214 valence electrons. The Kier molecular flexibility index (Phi) is 8.06. The molecule has 1 fully saturated rings. The van der Waals surface area contributed by atoms with Crippen LogP contribution in [-0.2, 0) is 11.0 Å². The Morgan fingerprint density at radius 2 is 1.85 bits per heavy atom. The zero-order chi connectivity index (χ0) is 29.1. The smallest absolute Gasteiger partial charge is 0.416 e. The molecule has 1 aliphatic rings. The van der Waals surface area contributed by atoms with Gasteiger partial charge >= 0.3 is 6.18 Å². The zero-order valence-electron chi connectivity index (χ0n) is 22.2. The molecule has 0 bridgehead atoms. The fourth-order valence-electron chi connectivity index (χ4n) is 4.59. The largest absolute Gasteiger partial charge is 0.497 e. The monoisotopic (exact) mass is 585 g/mol. The molecule has 2 aromatic heterocycles. The minimum absolute atomic E-state index is 0.0350. The van der Waals surface area contributed by atoms with Crippen molar-refractivity contribution in [2.45, 2.75) is 24.3 Å². The number of benzene rings is 2. The summed E-state index contributed by atoms with van der Waals surface area (Å²) >= 11 is 1.22. The third-order valence-corrected chi connectivity index (χ3v) is 7.62. The van der Waals surface area contributed by atoms with Crippen LogP contribution >= 0.6 is 11.8 Å². The number of carbonyl (C=O) groups excluding carboxylic acids is 2. The van der Waals surface area contributed by atoms with Gasteiger partial charge in [-0.25, -0.2) is 0 Å². The van der Waals surface area contributed by atoms with Crippen molar-refractivity contribution < 1.29 is 31.9 Å². The van der Waals surface area contributed by atoms with E-state index in [1.165, 1.54) is 35.1 Å². The number of amides is 2. The third-order valence-electron chi connectivity index (χ3n) is 6.71. The first-order chi connectivity index (χ1) is 19.7.